The molecule has 0 amide bonds. The molecule has 0 radical (unpaired) electrons. The van der Waals surface area contributed by atoms with Crippen LogP contribution in [0.1, 0.15) is 11.1 Å². The first-order valence-corrected chi connectivity index (χ1v) is 5.29. The van der Waals surface area contributed by atoms with Gasteiger partial charge in [0.1, 0.15) is 25.0 Å². The lowest BCUT2D eigenvalue weighted by Crippen LogP contribution is -2.82. The van der Waals surface area contributed by atoms with Crippen LogP contribution in [0, 0.1) is 13.8 Å². The maximum Gasteiger partial charge on any atom is 0.137 e. The Balaban J connectivity index is 2.50. The number of aliphatic hydroxyl groups is 1. The van der Waals surface area contributed by atoms with Crippen molar-refractivity contribution in [2.75, 3.05) is 20.2 Å². The molecule has 0 saturated heterocycles. The normalized spacial score (nSPS) is 12.5. The summed E-state index contributed by atoms with van der Waals surface area (Å²) < 4.78 is 5.54. The molecular formula is C12H20NO2+. The summed E-state index contributed by atoms with van der Waals surface area (Å²) in [5.41, 5.74) is 2.34. The second kappa shape index (κ2) is 5.73. The number of ether oxygens (including phenoxy) is 1. The fourth-order valence-corrected chi connectivity index (χ4v) is 1.49. The van der Waals surface area contributed by atoms with Crippen LogP contribution >= 0.6 is 0 Å². The molecule has 1 aromatic rings. The second-order valence-electron chi connectivity index (χ2n) is 3.88. The van der Waals surface area contributed by atoms with Gasteiger partial charge in [0.05, 0.1) is 7.05 Å². The lowest BCUT2D eigenvalue weighted by atomic mass is 10.1. The van der Waals surface area contributed by atoms with Gasteiger partial charge in [-0.2, -0.15) is 0 Å². The molecule has 15 heavy (non-hydrogen) atoms. The van der Waals surface area contributed by atoms with Crippen LogP contribution in [0.15, 0.2) is 18.2 Å². The highest BCUT2D eigenvalue weighted by atomic mass is 16.5. The average molecular weight is 210 g/mol. The predicted molar refractivity (Wildman–Crippen MR) is 60.1 cm³/mol. The fourth-order valence-electron chi connectivity index (χ4n) is 1.49. The Morgan fingerprint density at radius 1 is 1.40 bits per heavy atom. The third-order valence-electron chi connectivity index (χ3n) is 2.27. The Labute approximate surface area is 91.1 Å². The molecule has 1 aromatic carbocycles. The summed E-state index contributed by atoms with van der Waals surface area (Å²) in [6.45, 7) is 5.09. The van der Waals surface area contributed by atoms with Crippen LogP contribution in [0.3, 0.4) is 0 Å². The van der Waals surface area contributed by atoms with Gasteiger partial charge >= 0.3 is 0 Å². The first-order valence-electron chi connectivity index (χ1n) is 5.29. The largest absolute Gasteiger partial charge is 0.490 e. The van der Waals surface area contributed by atoms with Gasteiger partial charge in [-0.1, -0.05) is 17.7 Å². The van der Waals surface area contributed by atoms with Gasteiger partial charge in [0.25, 0.3) is 0 Å². The molecule has 0 aromatic heterocycles. The van der Waals surface area contributed by atoms with E-state index >= 15 is 0 Å². The molecule has 0 fully saturated rings. The summed E-state index contributed by atoms with van der Waals surface area (Å²) in [5, 5.41) is 11.4. The SMILES string of the molecule is C[NH2+]C[C@@H](O)COc1ccc(C)cc1C. The summed E-state index contributed by atoms with van der Waals surface area (Å²) in [7, 11) is 1.93. The van der Waals surface area contributed by atoms with Crippen molar-refractivity contribution in [2.45, 2.75) is 20.0 Å². The number of aryl methyl sites for hydroxylation is 2. The number of quaternary nitrogens is 1. The Kier molecular flexibility index (Phi) is 4.59. The van der Waals surface area contributed by atoms with E-state index in [0.29, 0.717) is 13.2 Å². The van der Waals surface area contributed by atoms with Crippen molar-refractivity contribution >= 4 is 0 Å². The zero-order valence-electron chi connectivity index (χ0n) is 9.66. The van der Waals surface area contributed by atoms with Gasteiger partial charge in [0, 0.05) is 0 Å². The molecule has 0 heterocycles. The average Bonchev–Trinajstić information content (AvgIpc) is 2.17. The number of hydrogen-bond donors (Lipinski definition) is 2. The van der Waals surface area contributed by atoms with Crippen molar-refractivity contribution in [1.82, 2.24) is 0 Å². The van der Waals surface area contributed by atoms with Gasteiger partial charge in [-0.05, 0) is 25.5 Å². The molecule has 0 aliphatic heterocycles. The predicted octanol–water partition coefficient (Wildman–Crippen LogP) is 0.236. The van der Waals surface area contributed by atoms with Crippen LogP contribution in [-0.4, -0.2) is 31.4 Å². The Morgan fingerprint density at radius 3 is 2.73 bits per heavy atom. The van der Waals surface area contributed by atoms with E-state index in [-0.39, 0.29) is 0 Å². The summed E-state index contributed by atoms with van der Waals surface area (Å²) >= 11 is 0. The third kappa shape index (κ3) is 3.90. The van der Waals surface area contributed by atoms with Crippen molar-refractivity contribution in [3.05, 3.63) is 29.3 Å². The molecule has 84 valence electrons. The first-order chi connectivity index (χ1) is 7.13. The van der Waals surface area contributed by atoms with Crippen LogP contribution in [-0.2, 0) is 0 Å². The molecule has 3 N–H and O–H groups in total. The quantitative estimate of drug-likeness (QED) is 0.731. The molecule has 3 nitrogen and oxygen atoms in total. The zero-order chi connectivity index (χ0) is 11.3. The minimum absolute atomic E-state index is 0.355. The van der Waals surface area contributed by atoms with Crippen LogP contribution < -0.4 is 10.1 Å². The van der Waals surface area contributed by atoms with Gasteiger partial charge in [0.2, 0.25) is 0 Å². The van der Waals surface area contributed by atoms with Crippen LogP contribution in [0.25, 0.3) is 0 Å². The fraction of sp³-hybridized carbons (Fsp3) is 0.500. The highest BCUT2D eigenvalue weighted by Gasteiger charge is 2.07. The maximum absolute atomic E-state index is 9.50. The lowest BCUT2D eigenvalue weighted by molar-refractivity contribution is -0.633. The van der Waals surface area contributed by atoms with Crippen LogP contribution in [0.5, 0.6) is 5.75 Å². The van der Waals surface area contributed by atoms with Crippen LogP contribution in [0.4, 0.5) is 0 Å². The van der Waals surface area contributed by atoms with Crippen molar-refractivity contribution in [3.8, 4) is 5.75 Å². The Hall–Kier alpha value is -1.06. The molecule has 1 atom stereocenters. The molecule has 0 bridgehead atoms. The topological polar surface area (TPSA) is 46.1 Å². The number of aliphatic hydroxyl groups excluding tert-OH is 1. The van der Waals surface area contributed by atoms with E-state index in [2.05, 4.69) is 13.0 Å². The Bertz CT molecular complexity index is 312. The van der Waals surface area contributed by atoms with E-state index in [1.54, 1.807) is 0 Å². The monoisotopic (exact) mass is 210 g/mol. The van der Waals surface area contributed by atoms with Crippen LogP contribution in [0.2, 0.25) is 0 Å². The molecule has 0 spiro atoms. The minimum atomic E-state index is -0.407. The Morgan fingerprint density at radius 2 is 2.13 bits per heavy atom. The smallest absolute Gasteiger partial charge is 0.137 e. The van der Waals surface area contributed by atoms with Crippen molar-refractivity contribution in [2.24, 2.45) is 0 Å². The van der Waals surface area contributed by atoms with Crippen molar-refractivity contribution in [1.29, 1.82) is 0 Å². The van der Waals surface area contributed by atoms with Gasteiger partial charge in [-0.3, -0.25) is 0 Å². The summed E-state index contributed by atoms with van der Waals surface area (Å²) in [6.07, 6.45) is -0.407. The number of benzene rings is 1. The maximum atomic E-state index is 9.50. The molecule has 0 saturated carbocycles. The van der Waals surface area contributed by atoms with E-state index in [9.17, 15) is 5.11 Å². The van der Waals surface area contributed by atoms with E-state index in [1.165, 1.54) is 5.56 Å². The highest BCUT2D eigenvalue weighted by molar-refractivity contribution is 5.35. The standard InChI is InChI=1S/C12H19NO2/c1-9-4-5-12(10(2)6-9)15-8-11(14)7-13-3/h4-6,11,13-14H,7-8H2,1-3H3/p+1/t11-/m1/s1. The number of hydrogen-bond acceptors (Lipinski definition) is 2. The minimum Gasteiger partial charge on any atom is -0.490 e. The number of nitrogens with two attached hydrogens (primary N) is 1. The van der Waals surface area contributed by atoms with Crippen molar-refractivity contribution < 1.29 is 15.2 Å². The van der Waals surface area contributed by atoms with Gasteiger partial charge in [0.15, 0.2) is 0 Å². The molecular weight excluding hydrogens is 190 g/mol. The number of rotatable bonds is 5. The van der Waals surface area contributed by atoms with Gasteiger partial charge in [-0.15, -0.1) is 0 Å². The molecule has 0 aliphatic carbocycles. The van der Waals surface area contributed by atoms with Gasteiger partial charge < -0.3 is 15.2 Å². The van der Waals surface area contributed by atoms with Crippen molar-refractivity contribution in [3.63, 3.8) is 0 Å². The number of likely N-dealkylation sites (N-methyl/N-ethyl adjacent to an activating group) is 1. The summed E-state index contributed by atoms with van der Waals surface area (Å²) in [6, 6.07) is 6.04. The molecule has 1 rings (SSSR count). The second-order valence-corrected chi connectivity index (χ2v) is 3.88. The molecule has 0 unspecified atom stereocenters. The molecule has 3 heteroatoms. The van der Waals surface area contributed by atoms with E-state index in [1.807, 2.05) is 31.4 Å². The van der Waals surface area contributed by atoms with E-state index in [4.69, 9.17) is 4.74 Å². The third-order valence-corrected chi connectivity index (χ3v) is 2.27. The van der Waals surface area contributed by atoms with E-state index in [0.717, 1.165) is 11.3 Å². The zero-order valence-corrected chi connectivity index (χ0v) is 9.66. The van der Waals surface area contributed by atoms with E-state index < -0.39 is 6.10 Å². The lowest BCUT2D eigenvalue weighted by Gasteiger charge is -2.12. The molecule has 0 aliphatic rings. The van der Waals surface area contributed by atoms with Gasteiger partial charge in [-0.25, -0.2) is 0 Å². The summed E-state index contributed by atoms with van der Waals surface area (Å²) in [5.74, 6) is 0.857. The summed E-state index contributed by atoms with van der Waals surface area (Å²) in [4.78, 5) is 0. The highest BCUT2D eigenvalue weighted by Crippen LogP contribution is 2.18. The first kappa shape index (κ1) is 12.0.